The first-order chi connectivity index (χ1) is 8.02. The van der Waals surface area contributed by atoms with Crippen molar-refractivity contribution in [1.29, 1.82) is 0 Å². The van der Waals surface area contributed by atoms with Gasteiger partial charge in [-0.3, -0.25) is 4.79 Å². The molecule has 0 saturated carbocycles. The van der Waals surface area contributed by atoms with Crippen molar-refractivity contribution >= 4 is 21.9 Å². The van der Waals surface area contributed by atoms with Crippen LogP contribution in [0.4, 0.5) is 0 Å². The third-order valence-corrected chi connectivity index (χ3v) is 2.86. The van der Waals surface area contributed by atoms with Gasteiger partial charge in [-0.25, -0.2) is 0 Å². The summed E-state index contributed by atoms with van der Waals surface area (Å²) in [5.41, 5.74) is 1.06. The lowest BCUT2D eigenvalue weighted by Crippen LogP contribution is -2.18. The predicted molar refractivity (Wildman–Crippen MR) is 70.6 cm³/mol. The monoisotopic (exact) mass is 300 g/mol. The van der Waals surface area contributed by atoms with Crippen LogP contribution in [0.2, 0.25) is 0 Å². The van der Waals surface area contributed by atoms with Crippen LogP contribution in [-0.4, -0.2) is 24.0 Å². The zero-order chi connectivity index (χ0) is 12.8. The molecule has 0 N–H and O–H groups in total. The quantitative estimate of drug-likeness (QED) is 0.619. The van der Waals surface area contributed by atoms with Crippen LogP contribution in [0.3, 0.4) is 0 Å². The first kappa shape index (κ1) is 14.0. The second-order valence-electron chi connectivity index (χ2n) is 4.01. The van der Waals surface area contributed by atoms with Gasteiger partial charge in [0.2, 0.25) is 0 Å². The summed E-state index contributed by atoms with van der Waals surface area (Å²) in [6.45, 7) is 3.97. The molecule has 0 radical (unpaired) electrons. The fraction of sp³-hybridized carbons (Fsp3) is 0.462. The lowest BCUT2D eigenvalue weighted by molar-refractivity contribution is -0.139. The van der Waals surface area contributed by atoms with E-state index in [0.29, 0.717) is 6.42 Å². The zero-order valence-electron chi connectivity index (χ0n) is 10.3. The molecule has 0 fully saturated rings. The van der Waals surface area contributed by atoms with Gasteiger partial charge in [-0.1, -0.05) is 28.1 Å². The Kier molecular flexibility index (Phi) is 5.48. The van der Waals surface area contributed by atoms with Gasteiger partial charge in [0, 0.05) is 0 Å². The van der Waals surface area contributed by atoms with Gasteiger partial charge >= 0.3 is 5.97 Å². The minimum atomic E-state index is -0.302. The van der Waals surface area contributed by atoms with E-state index in [9.17, 15) is 4.79 Å². The van der Waals surface area contributed by atoms with Crippen molar-refractivity contribution < 1.29 is 14.3 Å². The van der Waals surface area contributed by atoms with Crippen LogP contribution in [0.1, 0.15) is 19.4 Å². The van der Waals surface area contributed by atoms with Crippen molar-refractivity contribution in [1.82, 2.24) is 0 Å². The number of rotatable bonds is 5. The summed E-state index contributed by atoms with van der Waals surface area (Å²) in [6, 6.07) is 7.72. The molecule has 0 saturated heterocycles. The Morgan fingerprint density at radius 1 is 1.29 bits per heavy atom. The van der Waals surface area contributed by atoms with E-state index in [1.807, 2.05) is 38.1 Å². The first-order valence-electron chi connectivity index (χ1n) is 5.50. The molecule has 1 rings (SSSR count). The molecule has 1 atom stereocenters. The third-order valence-electron chi connectivity index (χ3n) is 2.17. The van der Waals surface area contributed by atoms with Crippen molar-refractivity contribution in [3.8, 4) is 5.75 Å². The maximum atomic E-state index is 11.2. The summed E-state index contributed by atoms with van der Waals surface area (Å²) >= 11 is 3.29. The van der Waals surface area contributed by atoms with Gasteiger partial charge in [-0.05, 0) is 38.0 Å². The fourth-order valence-electron chi connectivity index (χ4n) is 1.39. The standard InChI is InChI=1S/C13H17BrO3/c1-9(2)17-11-6-4-10(5-7-11)8-12(14)13(15)16-3/h4-7,9,12H,8H2,1-3H3. The molecule has 0 heterocycles. The Morgan fingerprint density at radius 3 is 2.35 bits per heavy atom. The van der Waals surface area contributed by atoms with Crippen molar-refractivity contribution in [2.45, 2.75) is 31.2 Å². The highest BCUT2D eigenvalue weighted by atomic mass is 79.9. The largest absolute Gasteiger partial charge is 0.491 e. The van der Waals surface area contributed by atoms with Crippen molar-refractivity contribution in [3.63, 3.8) is 0 Å². The molecule has 1 unspecified atom stereocenters. The Morgan fingerprint density at radius 2 is 1.88 bits per heavy atom. The van der Waals surface area contributed by atoms with E-state index in [2.05, 4.69) is 20.7 Å². The molecule has 0 amide bonds. The van der Waals surface area contributed by atoms with E-state index < -0.39 is 0 Å². The van der Waals surface area contributed by atoms with Crippen LogP contribution in [0.5, 0.6) is 5.75 Å². The van der Waals surface area contributed by atoms with Gasteiger partial charge in [-0.2, -0.15) is 0 Å². The highest BCUT2D eigenvalue weighted by molar-refractivity contribution is 9.10. The molecule has 4 heteroatoms. The molecule has 0 aliphatic rings. The Labute approximate surface area is 110 Å². The number of hydrogen-bond acceptors (Lipinski definition) is 3. The molecule has 94 valence electrons. The number of esters is 1. The first-order valence-corrected chi connectivity index (χ1v) is 6.42. The lowest BCUT2D eigenvalue weighted by Gasteiger charge is -2.11. The zero-order valence-corrected chi connectivity index (χ0v) is 11.9. The minimum Gasteiger partial charge on any atom is -0.491 e. The van der Waals surface area contributed by atoms with Crippen LogP contribution >= 0.6 is 15.9 Å². The maximum Gasteiger partial charge on any atom is 0.319 e. The highest BCUT2D eigenvalue weighted by Crippen LogP contribution is 2.17. The lowest BCUT2D eigenvalue weighted by atomic mass is 10.1. The van der Waals surface area contributed by atoms with Gasteiger partial charge in [0.15, 0.2) is 0 Å². The van der Waals surface area contributed by atoms with Crippen LogP contribution in [0.25, 0.3) is 0 Å². The van der Waals surface area contributed by atoms with E-state index in [-0.39, 0.29) is 16.9 Å². The van der Waals surface area contributed by atoms with Crippen molar-refractivity contribution in [2.24, 2.45) is 0 Å². The normalized spacial score (nSPS) is 12.3. The van der Waals surface area contributed by atoms with E-state index in [0.717, 1.165) is 11.3 Å². The average Bonchev–Trinajstić information content (AvgIpc) is 2.30. The van der Waals surface area contributed by atoms with Crippen LogP contribution in [0, 0.1) is 0 Å². The van der Waals surface area contributed by atoms with E-state index in [1.54, 1.807) is 0 Å². The molecule has 3 nitrogen and oxygen atoms in total. The topological polar surface area (TPSA) is 35.5 Å². The number of carbonyl (C=O) groups excluding carboxylic acids is 1. The summed E-state index contributed by atoms with van der Waals surface area (Å²) in [4.78, 5) is 10.9. The Hall–Kier alpha value is -1.03. The molecule has 17 heavy (non-hydrogen) atoms. The van der Waals surface area contributed by atoms with Gasteiger partial charge in [-0.15, -0.1) is 0 Å². The number of methoxy groups -OCH3 is 1. The molecule has 0 aliphatic heterocycles. The molecule has 0 aromatic heterocycles. The molecule has 0 bridgehead atoms. The fourth-order valence-corrected chi connectivity index (χ4v) is 1.96. The summed E-state index contributed by atoms with van der Waals surface area (Å²) in [5.74, 6) is 0.584. The number of ether oxygens (including phenoxy) is 2. The maximum absolute atomic E-state index is 11.2. The number of alkyl halides is 1. The van der Waals surface area contributed by atoms with Crippen LogP contribution in [0.15, 0.2) is 24.3 Å². The van der Waals surface area contributed by atoms with Crippen LogP contribution < -0.4 is 4.74 Å². The van der Waals surface area contributed by atoms with Crippen molar-refractivity contribution in [3.05, 3.63) is 29.8 Å². The Balaban J connectivity index is 2.59. The SMILES string of the molecule is COC(=O)C(Br)Cc1ccc(OC(C)C)cc1. The molecule has 1 aromatic carbocycles. The number of halogens is 1. The summed E-state index contributed by atoms with van der Waals surface area (Å²) in [7, 11) is 1.39. The Bertz CT molecular complexity index is 359. The third kappa shape index (κ3) is 4.77. The minimum absolute atomic E-state index is 0.167. The van der Waals surface area contributed by atoms with Gasteiger partial charge in [0.25, 0.3) is 0 Å². The molecular formula is C13H17BrO3. The van der Waals surface area contributed by atoms with Gasteiger partial charge in [0.1, 0.15) is 10.6 Å². The second-order valence-corrected chi connectivity index (χ2v) is 5.11. The summed E-state index contributed by atoms with van der Waals surface area (Å²) < 4.78 is 10.2. The summed E-state index contributed by atoms with van der Waals surface area (Å²) in [6.07, 6.45) is 0.772. The molecule has 0 spiro atoms. The molecule has 0 aliphatic carbocycles. The number of benzene rings is 1. The molecule has 1 aromatic rings. The van der Waals surface area contributed by atoms with Gasteiger partial charge < -0.3 is 9.47 Å². The predicted octanol–water partition coefficient (Wildman–Crippen LogP) is 2.95. The van der Waals surface area contributed by atoms with Crippen molar-refractivity contribution in [2.75, 3.05) is 7.11 Å². The number of hydrogen-bond donors (Lipinski definition) is 0. The number of carbonyl (C=O) groups is 1. The van der Waals surface area contributed by atoms with E-state index in [4.69, 9.17) is 4.74 Å². The average molecular weight is 301 g/mol. The molecular weight excluding hydrogens is 284 g/mol. The van der Waals surface area contributed by atoms with Gasteiger partial charge in [0.05, 0.1) is 13.2 Å². The summed E-state index contributed by atoms with van der Waals surface area (Å²) in [5, 5.41) is 0. The second kappa shape index (κ2) is 6.64. The smallest absolute Gasteiger partial charge is 0.319 e. The van der Waals surface area contributed by atoms with E-state index in [1.165, 1.54) is 7.11 Å². The highest BCUT2D eigenvalue weighted by Gasteiger charge is 2.15. The van der Waals surface area contributed by atoms with Crippen LogP contribution in [-0.2, 0) is 16.0 Å². The van der Waals surface area contributed by atoms with E-state index >= 15 is 0 Å².